The third-order valence-corrected chi connectivity index (χ3v) is 2.62. The number of amides is 1. The fourth-order valence-electron chi connectivity index (χ4n) is 1.73. The number of nitrogens with zero attached hydrogens (tertiary/aromatic N) is 1. The summed E-state index contributed by atoms with van der Waals surface area (Å²) in [5, 5.41) is 0. The molecule has 1 aromatic rings. The van der Waals surface area contributed by atoms with Crippen molar-refractivity contribution in [3.63, 3.8) is 0 Å². The van der Waals surface area contributed by atoms with Crippen LogP contribution in [-0.2, 0) is 4.74 Å². The third kappa shape index (κ3) is 3.16. The number of hydrogen-bond donors (Lipinski definition) is 0. The highest BCUT2D eigenvalue weighted by molar-refractivity contribution is 5.94. The number of ether oxygens (including phenoxy) is 2. The maximum atomic E-state index is 12.0. The van der Waals surface area contributed by atoms with Crippen molar-refractivity contribution in [2.45, 2.75) is 6.61 Å². The molecule has 1 saturated heterocycles. The maximum absolute atomic E-state index is 12.0. The Bertz CT molecular complexity index is 402. The number of morpholine rings is 1. The molecule has 0 aromatic heterocycles. The maximum Gasteiger partial charge on any atom is 0.387 e. The number of hydrogen-bond acceptors (Lipinski definition) is 3. The predicted molar refractivity (Wildman–Crippen MR) is 59.8 cm³/mol. The van der Waals surface area contributed by atoms with E-state index in [1.54, 1.807) is 4.90 Å². The van der Waals surface area contributed by atoms with Gasteiger partial charge in [0, 0.05) is 18.7 Å². The Kier molecular flexibility index (Phi) is 4.09. The fraction of sp³-hybridized carbons (Fsp3) is 0.417. The van der Waals surface area contributed by atoms with E-state index >= 15 is 0 Å². The average Bonchev–Trinajstić information content (AvgIpc) is 2.39. The van der Waals surface area contributed by atoms with Crippen LogP contribution in [0.15, 0.2) is 24.3 Å². The molecule has 1 aliphatic rings. The lowest BCUT2D eigenvalue weighted by Gasteiger charge is -2.26. The molecule has 18 heavy (non-hydrogen) atoms. The van der Waals surface area contributed by atoms with Crippen LogP contribution in [0.1, 0.15) is 10.4 Å². The molecule has 0 bridgehead atoms. The highest BCUT2D eigenvalue weighted by Gasteiger charge is 2.18. The van der Waals surface area contributed by atoms with Crippen LogP contribution in [0.25, 0.3) is 0 Å². The summed E-state index contributed by atoms with van der Waals surface area (Å²) in [6, 6.07) is 5.69. The van der Waals surface area contributed by atoms with Gasteiger partial charge in [0.1, 0.15) is 5.75 Å². The average molecular weight is 257 g/mol. The van der Waals surface area contributed by atoms with Gasteiger partial charge in [0.2, 0.25) is 0 Å². The molecule has 1 heterocycles. The van der Waals surface area contributed by atoms with E-state index in [9.17, 15) is 13.6 Å². The Morgan fingerprint density at radius 2 is 1.83 bits per heavy atom. The van der Waals surface area contributed by atoms with Gasteiger partial charge in [-0.1, -0.05) is 0 Å². The Hall–Kier alpha value is -1.69. The standard InChI is InChI=1S/C12H13F2NO3/c13-12(14)18-10-3-1-9(2-4-10)11(16)15-5-7-17-8-6-15/h1-4,12H,5-8H2. The molecular weight excluding hydrogens is 244 g/mol. The number of carbonyl (C=O) groups is 1. The Morgan fingerprint density at radius 1 is 1.22 bits per heavy atom. The van der Waals surface area contributed by atoms with Crippen molar-refractivity contribution in [2.24, 2.45) is 0 Å². The molecule has 1 aromatic carbocycles. The van der Waals surface area contributed by atoms with Gasteiger partial charge in [-0.3, -0.25) is 4.79 Å². The summed E-state index contributed by atoms with van der Waals surface area (Å²) >= 11 is 0. The molecule has 2 rings (SSSR count). The number of carbonyl (C=O) groups excluding carboxylic acids is 1. The highest BCUT2D eigenvalue weighted by Crippen LogP contribution is 2.16. The van der Waals surface area contributed by atoms with E-state index < -0.39 is 6.61 Å². The van der Waals surface area contributed by atoms with Gasteiger partial charge in [-0.2, -0.15) is 8.78 Å². The van der Waals surface area contributed by atoms with Gasteiger partial charge in [0.15, 0.2) is 0 Å². The van der Waals surface area contributed by atoms with Gasteiger partial charge in [0.05, 0.1) is 13.2 Å². The lowest BCUT2D eigenvalue weighted by molar-refractivity contribution is -0.0498. The Labute approximate surface area is 103 Å². The van der Waals surface area contributed by atoms with Crippen molar-refractivity contribution in [3.05, 3.63) is 29.8 Å². The molecule has 1 amide bonds. The van der Waals surface area contributed by atoms with Gasteiger partial charge >= 0.3 is 6.61 Å². The Balaban J connectivity index is 2.02. The van der Waals surface area contributed by atoms with E-state index in [0.717, 1.165) is 0 Å². The zero-order valence-corrected chi connectivity index (χ0v) is 9.64. The first-order chi connectivity index (χ1) is 8.66. The summed E-state index contributed by atoms with van der Waals surface area (Å²) in [6.07, 6.45) is 0. The van der Waals surface area contributed by atoms with Crippen LogP contribution in [0.2, 0.25) is 0 Å². The number of alkyl halides is 2. The van der Waals surface area contributed by atoms with Gasteiger partial charge in [-0.25, -0.2) is 0 Å². The first kappa shape index (κ1) is 12.8. The van der Waals surface area contributed by atoms with Crippen molar-refractivity contribution in [1.82, 2.24) is 4.90 Å². The SMILES string of the molecule is O=C(c1ccc(OC(F)F)cc1)N1CCOCC1. The van der Waals surface area contributed by atoms with Crippen LogP contribution in [0.3, 0.4) is 0 Å². The van der Waals surface area contributed by atoms with Gasteiger partial charge in [0.25, 0.3) is 5.91 Å². The largest absolute Gasteiger partial charge is 0.435 e. The smallest absolute Gasteiger partial charge is 0.387 e. The first-order valence-corrected chi connectivity index (χ1v) is 5.59. The molecular formula is C12H13F2NO3. The second-order valence-corrected chi connectivity index (χ2v) is 3.81. The summed E-state index contributed by atoms with van der Waals surface area (Å²) in [7, 11) is 0. The molecule has 98 valence electrons. The van der Waals surface area contributed by atoms with Gasteiger partial charge in [-0.15, -0.1) is 0 Å². The number of rotatable bonds is 3. The minimum Gasteiger partial charge on any atom is -0.435 e. The van der Waals surface area contributed by atoms with Crippen LogP contribution in [0, 0.1) is 0 Å². The van der Waals surface area contributed by atoms with Crippen LogP contribution in [0.4, 0.5) is 8.78 Å². The van der Waals surface area contributed by atoms with Crippen molar-refractivity contribution >= 4 is 5.91 Å². The molecule has 0 N–H and O–H groups in total. The van der Waals surface area contributed by atoms with E-state index in [1.807, 2.05) is 0 Å². The second-order valence-electron chi connectivity index (χ2n) is 3.81. The summed E-state index contributed by atoms with van der Waals surface area (Å²) < 4.78 is 33.3. The fourth-order valence-corrected chi connectivity index (χ4v) is 1.73. The van der Waals surface area contributed by atoms with Crippen molar-refractivity contribution in [1.29, 1.82) is 0 Å². The lowest BCUT2D eigenvalue weighted by atomic mass is 10.2. The minimum absolute atomic E-state index is 0.0449. The van der Waals surface area contributed by atoms with Crippen LogP contribution in [0.5, 0.6) is 5.75 Å². The summed E-state index contributed by atoms with van der Waals surface area (Å²) in [5.74, 6) is -0.0783. The van der Waals surface area contributed by atoms with E-state index in [0.29, 0.717) is 31.9 Å². The van der Waals surface area contributed by atoms with Crippen LogP contribution >= 0.6 is 0 Å². The molecule has 4 nitrogen and oxygen atoms in total. The van der Waals surface area contributed by atoms with Gasteiger partial charge < -0.3 is 14.4 Å². The molecule has 0 saturated carbocycles. The zero-order valence-electron chi connectivity index (χ0n) is 9.64. The summed E-state index contributed by atoms with van der Waals surface area (Å²) in [5.41, 5.74) is 0.457. The quantitative estimate of drug-likeness (QED) is 0.828. The van der Waals surface area contributed by atoms with E-state index in [4.69, 9.17) is 4.74 Å². The molecule has 0 unspecified atom stereocenters. The van der Waals surface area contributed by atoms with Crippen LogP contribution < -0.4 is 4.74 Å². The van der Waals surface area contributed by atoms with E-state index in [2.05, 4.69) is 4.74 Å². The molecule has 1 aliphatic heterocycles. The predicted octanol–water partition coefficient (Wildman–Crippen LogP) is 1.76. The van der Waals surface area contributed by atoms with E-state index in [1.165, 1.54) is 24.3 Å². The monoisotopic (exact) mass is 257 g/mol. The summed E-state index contributed by atoms with van der Waals surface area (Å²) in [6.45, 7) is -0.704. The lowest BCUT2D eigenvalue weighted by Crippen LogP contribution is -2.40. The molecule has 0 spiro atoms. The molecule has 0 aliphatic carbocycles. The zero-order chi connectivity index (χ0) is 13.0. The molecule has 0 radical (unpaired) electrons. The molecule has 1 fully saturated rings. The minimum atomic E-state index is -2.86. The van der Waals surface area contributed by atoms with Crippen molar-refractivity contribution in [2.75, 3.05) is 26.3 Å². The van der Waals surface area contributed by atoms with Crippen LogP contribution in [-0.4, -0.2) is 43.7 Å². The first-order valence-electron chi connectivity index (χ1n) is 5.59. The number of benzene rings is 1. The second kappa shape index (κ2) is 5.77. The van der Waals surface area contributed by atoms with Crippen molar-refractivity contribution in [3.8, 4) is 5.75 Å². The highest BCUT2D eigenvalue weighted by atomic mass is 19.3. The van der Waals surface area contributed by atoms with Crippen molar-refractivity contribution < 1.29 is 23.0 Å². The normalized spacial score (nSPS) is 15.8. The third-order valence-electron chi connectivity index (χ3n) is 2.62. The summed E-state index contributed by atoms with van der Waals surface area (Å²) in [4.78, 5) is 13.7. The van der Waals surface area contributed by atoms with Gasteiger partial charge in [-0.05, 0) is 24.3 Å². The topological polar surface area (TPSA) is 38.8 Å². The van der Waals surface area contributed by atoms with E-state index in [-0.39, 0.29) is 11.7 Å². The molecule has 0 atom stereocenters. The number of halogens is 2. The molecule has 6 heteroatoms. The Morgan fingerprint density at radius 3 is 2.39 bits per heavy atom.